The minimum atomic E-state index is -4.34. The Morgan fingerprint density at radius 2 is 1.67 bits per heavy atom. The topological polar surface area (TPSA) is 37.4 Å². The van der Waals surface area contributed by atoms with Gasteiger partial charge in [0.25, 0.3) is 0 Å². The van der Waals surface area contributed by atoms with Crippen LogP contribution in [0.2, 0.25) is 0 Å². The van der Waals surface area contributed by atoms with E-state index in [0.717, 1.165) is 17.1 Å². The predicted molar refractivity (Wildman–Crippen MR) is 76.3 cm³/mol. The molecule has 0 unspecified atom stereocenters. The van der Waals surface area contributed by atoms with Gasteiger partial charge in [-0.05, 0) is 12.8 Å². The molecule has 1 aliphatic rings. The van der Waals surface area contributed by atoms with E-state index >= 15 is 0 Å². The summed E-state index contributed by atoms with van der Waals surface area (Å²) < 4.78 is 66.8. The van der Waals surface area contributed by atoms with Crippen molar-refractivity contribution in [2.45, 2.75) is 36.6 Å². The highest BCUT2D eigenvalue weighted by atomic mass is 79.9. The SMILES string of the molecule is O=S(=O)(c1c(F)cc(F)cc1F)N(CCBr)C1CCCC1. The second-order valence-electron chi connectivity index (χ2n) is 4.94. The largest absolute Gasteiger partial charge is 0.249 e. The Bertz CT molecular complexity index is 595. The quantitative estimate of drug-likeness (QED) is 0.728. The highest BCUT2D eigenvalue weighted by Gasteiger charge is 2.36. The summed E-state index contributed by atoms with van der Waals surface area (Å²) in [6, 6.07) is 0.504. The molecular formula is C13H15BrF3NO2S. The molecule has 0 saturated heterocycles. The van der Waals surface area contributed by atoms with Crippen molar-refractivity contribution in [1.29, 1.82) is 0 Å². The number of benzene rings is 1. The second kappa shape index (κ2) is 6.66. The van der Waals surface area contributed by atoms with Crippen molar-refractivity contribution in [3.05, 3.63) is 29.6 Å². The Morgan fingerprint density at radius 1 is 1.14 bits per heavy atom. The third-order valence-electron chi connectivity index (χ3n) is 3.57. The van der Waals surface area contributed by atoms with Gasteiger partial charge in [0, 0.05) is 30.0 Å². The molecule has 3 nitrogen and oxygen atoms in total. The Labute approximate surface area is 130 Å². The van der Waals surface area contributed by atoms with Gasteiger partial charge in [0.05, 0.1) is 0 Å². The van der Waals surface area contributed by atoms with Crippen LogP contribution in [0.25, 0.3) is 0 Å². The van der Waals surface area contributed by atoms with Crippen molar-refractivity contribution >= 4 is 26.0 Å². The van der Waals surface area contributed by atoms with E-state index in [4.69, 9.17) is 0 Å². The highest BCUT2D eigenvalue weighted by molar-refractivity contribution is 9.09. The molecule has 0 atom stereocenters. The fourth-order valence-electron chi connectivity index (χ4n) is 2.67. The highest BCUT2D eigenvalue weighted by Crippen LogP contribution is 2.31. The molecule has 0 radical (unpaired) electrons. The molecule has 0 bridgehead atoms. The van der Waals surface area contributed by atoms with E-state index in [1.807, 2.05) is 0 Å². The first-order chi connectivity index (χ1) is 9.87. The number of sulfonamides is 1. The third kappa shape index (κ3) is 3.43. The number of hydrogen-bond acceptors (Lipinski definition) is 2. The van der Waals surface area contributed by atoms with Crippen LogP contribution in [-0.4, -0.2) is 30.6 Å². The van der Waals surface area contributed by atoms with Crippen LogP contribution in [0.3, 0.4) is 0 Å². The normalized spacial score (nSPS) is 16.8. The van der Waals surface area contributed by atoms with Crippen molar-refractivity contribution in [3.63, 3.8) is 0 Å². The van der Waals surface area contributed by atoms with Gasteiger partial charge in [-0.25, -0.2) is 21.6 Å². The van der Waals surface area contributed by atoms with Crippen molar-refractivity contribution < 1.29 is 21.6 Å². The molecule has 0 heterocycles. The van der Waals surface area contributed by atoms with Crippen LogP contribution in [0.1, 0.15) is 25.7 Å². The molecular weight excluding hydrogens is 371 g/mol. The van der Waals surface area contributed by atoms with Crippen LogP contribution in [0.15, 0.2) is 17.0 Å². The summed E-state index contributed by atoms with van der Waals surface area (Å²) in [4.78, 5) is -1.07. The first-order valence-corrected chi connectivity index (χ1v) is 9.16. The van der Waals surface area contributed by atoms with Gasteiger partial charge < -0.3 is 0 Å². The van der Waals surface area contributed by atoms with Gasteiger partial charge in [-0.3, -0.25) is 0 Å². The van der Waals surface area contributed by atoms with E-state index in [2.05, 4.69) is 15.9 Å². The van der Waals surface area contributed by atoms with Crippen LogP contribution >= 0.6 is 15.9 Å². The number of halogens is 4. The van der Waals surface area contributed by atoms with Crippen LogP contribution in [0.4, 0.5) is 13.2 Å². The first-order valence-electron chi connectivity index (χ1n) is 6.60. The van der Waals surface area contributed by atoms with E-state index in [1.54, 1.807) is 0 Å². The smallest absolute Gasteiger partial charge is 0.207 e. The average Bonchev–Trinajstić information content (AvgIpc) is 2.87. The number of hydrogen-bond donors (Lipinski definition) is 0. The maximum Gasteiger partial charge on any atom is 0.249 e. The fraction of sp³-hybridized carbons (Fsp3) is 0.538. The molecule has 1 saturated carbocycles. The minimum absolute atomic E-state index is 0.114. The Morgan fingerprint density at radius 3 is 2.14 bits per heavy atom. The average molecular weight is 386 g/mol. The second-order valence-corrected chi connectivity index (χ2v) is 7.56. The van der Waals surface area contributed by atoms with Crippen molar-refractivity contribution in [3.8, 4) is 0 Å². The summed E-state index contributed by atoms with van der Waals surface area (Å²) in [5.41, 5.74) is 0. The van der Waals surface area contributed by atoms with E-state index in [-0.39, 0.29) is 12.6 Å². The Kier molecular flexibility index (Phi) is 5.32. The van der Waals surface area contributed by atoms with Crippen molar-refractivity contribution in [2.24, 2.45) is 0 Å². The molecule has 21 heavy (non-hydrogen) atoms. The zero-order chi connectivity index (χ0) is 15.6. The van der Waals surface area contributed by atoms with Crippen molar-refractivity contribution in [1.82, 2.24) is 4.31 Å². The van der Waals surface area contributed by atoms with Gasteiger partial charge in [-0.15, -0.1) is 0 Å². The maximum atomic E-state index is 13.8. The van der Waals surface area contributed by atoms with Gasteiger partial charge >= 0.3 is 0 Å². The summed E-state index contributed by atoms with van der Waals surface area (Å²) in [5.74, 6) is -3.94. The lowest BCUT2D eigenvalue weighted by atomic mass is 10.2. The molecule has 0 amide bonds. The van der Waals surface area contributed by atoms with Gasteiger partial charge in [0.1, 0.15) is 17.5 Å². The molecule has 0 spiro atoms. The zero-order valence-corrected chi connectivity index (χ0v) is 13.6. The zero-order valence-electron chi connectivity index (χ0n) is 11.2. The lowest BCUT2D eigenvalue weighted by Gasteiger charge is -2.27. The number of nitrogens with zero attached hydrogens (tertiary/aromatic N) is 1. The lowest BCUT2D eigenvalue weighted by molar-refractivity contribution is 0.333. The number of rotatable bonds is 5. The summed E-state index contributed by atoms with van der Waals surface area (Å²) in [6.07, 6.45) is 3.09. The fourth-order valence-corrected chi connectivity index (χ4v) is 5.06. The summed E-state index contributed by atoms with van der Waals surface area (Å²) in [5, 5.41) is 0.354. The summed E-state index contributed by atoms with van der Waals surface area (Å²) in [6.45, 7) is 0.114. The number of alkyl halides is 1. The molecule has 1 fully saturated rings. The van der Waals surface area contributed by atoms with Gasteiger partial charge in [-0.2, -0.15) is 4.31 Å². The molecule has 1 aliphatic carbocycles. The summed E-state index contributed by atoms with van der Waals surface area (Å²) >= 11 is 3.16. The van der Waals surface area contributed by atoms with Crippen LogP contribution in [0, 0.1) is 17.5 Å². The van der Waals surface area contributed by atoms with Gasteiger partial charge in [0.2, 0.25) is 10.0 Å². The van der Waals surface area contributed by atoms with E-state index in [9.17, 15) is 21.6 Å². The molecule has 8 heteroatoms. The summed E-state index contributed by atoms with van der Waals surface area (Å²) in [7, 11) is -4.34. The molecule has 2 rings (SSSR count). The molecule has 1 aromatic rings. The van der Waals surface area contributed by atoms with Crippen LogP contribution in [0.5, 0.6) is 0 Å². The minimum Gasteiger partial charge on any atom is -0.207 e. The van der Waals surface area contributed by atoms with Gasteiger partial charge in [0.15, 0.2) is 4.90 Å². The standard InChI is InChI=1S/C13H15BrF3NO2S/c14-5-6-18(10-3-1-2-4-10)21(19,20)13-11(16)7-9(15)8-12(13)17/h7-8,10H,1-6H2. The molecule has 0 aliphatic heterocycles. The van der Waals surface area contributed by atoms with Crippen LogP contribution in [-0.2, 0) is 10.0 Å². The maximum absolute atomic E-state index is 13.8. The third-order valence-corrected chi connectivity index (χ3v) is 5.93. The van der Waals surface area contributed by atoms with E-state index in [0.29, 0.717) is 30.3 Å². The first kappa shape index (κ1) is 16.8. The van der Waals surface area contributed by atoms with Gasteiger partial charge in [-0.1, -0.05) is 28.8 Å². The van der Waals surface area contributed by atoms with E-state index < -0.39 is 32.4 Å². The Balaban J connectivity index is 2.48. The molecule has 0 aromatic heterocycles. The predicted octanol–water partition coefficient (Wildman–Crippen LogP) is 3.43. The Hall–Kier alpha value is -0.600. The molecule has 1 aromatic carbocycles. The molecule has 118 valence electrons. The van der Waals surface area contributed by atoms with Crippen LogP contribution < -0.4 is 0 Å². The lowest BCUT2D eigenvalue weighted by Crippen LogP contribution is -2.40. The van der Waals surface area contributed by atoms with Crippen molar-refractivity contribution in [2.75, 3.05) is 11.9 Å². The molecule has 0 N–H and O–H groups in total. The monoisotopic (exact) mass is 385 g/mol. The van der Waals surface area contributed by atoms with E-state index in [1.165, 1.54) is 0 Å².